The Hall–Kier alpha value is -1.03. The third-order valence-electron chi connectivity index (χ3n) is 2.54. The fraction of sp³-hybridized carbons (Fsp3) is 0.700. The third kappa shape index (κ3) is 2.48. The smallest absolute Gasteiger partial charge is 0.409 e. The van der Waals surface area contributed by atoms with E-state index < -0.39 is 5.60 Å². The molecule has 0 saturated carbocycles. The predicted octanol–water partition coefficient (Wildman–Crippen LogP) is 1.16. The second-order valence-electron chi connectivity index (χ2n) is 3.49. The van der Waals surface area contributed by atoms with E-state index in [9.17, 15) is 9.90 Å². The van der Waals surface area contributed by atoms with Crippen molar-refractivity contribution in [1.82, 2.24) is 4.90 Å². The average Bonchev–Trinajstić information content (AvgIpc) is 2.19. The van der Waals surface area contributed by atoms with Crippen LogP contribution >= 0.6 is 0 Å². The van der Waals surface area contributed by atoms with Crippen molar-refractivity contribution < 1.29 is 14.6 Å². The Morgan fingerprint density at radius 3 is 2.64 bits per heavy atom. The molecule has 1 amide bonds. The molecule has 4 heteroatoms. The Morgan fingerprint density at radius 1 is 1.64 bits per heavy atom. The zero-order valence-corrected chi connectivity index (χ0v) is 8.53. The van der Waals surface area contributed by atoms with Gasteiger partial charge in [-0.05, 0) is 19.8 Å². The van der Waals surface area contributed by atoms with Crippen LogP contribution in [0, 0.1) is 0 Å². The van der Waals surface area contributed by atoms with Gasteiger partial charge in [0.05, 0.1) is 12.2 Å². The first-order valence-corrected chi connectivity index (χ1v) is 4.89. The molecule has 0 unspecified atom stereocenters. The summed E-state index contributed by atoms with van der Waals surface area (Å²) in [6, 6.07) is 0. The number of ether oxygens (including phenoxy) is 1. The fourth-order valence-electron chi connectivity index (χ4n) is 1.50. The van der Waals surface area contributed by atoms with E-state index in [-0.39, 0.29) is 6.09 Å². The van der Waals surface area contributed by atoms with Crippen LogP contribution in [0.5, 0.6) is 0 Å². The van der Waals surface area contributed by atoms with E-state index in [0.29, 0.717) is 32.5 Å². The molecule has 1 rings (SSSR count). The van der Waals surface area contributed by atoms with Gasteiger partial charge in [-0.25, -0.2) is 4.79 Å². The molecule has 0 aromatic carbocycles. The van der Waals surface area contributed by atoms with E-state index in [0.717, 1.165) is 0 Å². The molecule has 0 bridgehead atoms. The molecule has 0 aromatic rings. The van der Waals surface area contributed by atoms with Crippen molar-refractivity contribution in [3.05, 3.63) is 12.7 Å². The maximum atomic E-state index is 11.3. The highest BCUT2D eigenvalue weighted by molar-refractivity contribution is 5.67. The minimum absolute atomic E-state index is 0.293. The van der Waals surface area contributed by atoms with Gasteiger partial charge >= 0.3 is 6.09 Å². The molecule has 1 aliphatic rings. The second kappa shape index (κ2) is 4.46. The summed E-state index contributed by atoms with van der Waals surface area (Å²) in [6.07, 6.45) is 2.33. The summed E-state index contributed by atoms with van der Waals surface area (Å²) >= 11 is 0. The number of amides is 1. The number of nitrogens with zero attached hydrogens (tertiary/aromatic N) is 1. The van der Waals surface area contributed by atoms with E-state index in [4.69, 9.17) is 4.74 Å². The number of rotatable bonds is 2. The molecule has 80 valence electrons. The van der Waals surface area contributed by atoms with Gasteiger partial charge < -0.3 is 14.7 Å². The lowest BCUT2D eigenvalue weighted by molar-refractivity contribution is 0.0164. The molecule has 4 nitrogen and oxygen atoms in total. The van der Waals surface area contributed by atoms with Crippen molar-refractivity contribution in [3.63, 3.8) is 0 Å². The second-order valence-corrected chi connectivity index (χ2v) is 3.49. The van der Waals surface area contributed by atoms with Crippen molar-refractivity contribution in [1.29, 1.82) is 0 Å². The van der Waals surface area contributed by atoms with Gasteiger partial charge in [-0.2, -0.15) is 0 Å². The quantitative estimate of drug-likeness (QED) is 0.679. The predicted molar refractivity (Wildman–Crippen MR) is 53.0 cm³/mol. The van der Waals surface area contributed by atoms with Crippen molar-refractivity contribution in [2.45, 2.75) is 25.4 Å². The summed E-state index contributed by atoms with van der Waals surface area (Å²) in [4.78, 5) is 12.9. The van der Waals surface area contributed by atoms with Crippen LogP contribution in [-0.2, 0) is 4.74 Å². The molecule has 1 fully saturated rings. The molecule has 0 radical (unpaired) electrons. The molecule has 0 aromatic heterocycles. The molecular formula is C10H17NO3. The van der Waals surface area contributed by atoms with Crippen LogP contribution in [0.3, 0.4) is 0 Å². The van der Waals surface area contributed by atoms with Crippen molar-refractivity contribution >= 4 is 6.09 Å². The van der Waals surface area contributed by atoms with Gasteiger partial charge in [0.15, 0.2) is 0 Å². The highest BCUT2D eigenvalue weighted by Crippen LogP contribution is 2.23. The summed E-state index contributed by atoms with van der Waals surface area (Å²) in [5, 5.41) is 9.81. The summed E-state index contributed by atoms with van der Waals surface area (Å²) < 4.78 is 4.86. The Labute approximate surface area is 84.2 Å². The SMILES string of the molecule is C=CC1(O)CCN(C(=O)OCC)CC1. The van der Waals surface area contributed by atoms with Crippen molar-refractivity contribution in [3.8, 4) is 0 Å². The van der Waals surface area contributed by atoms with E-state index in [2.05, 4.69) is 6.58 Å². The highest BCUT2D eigenvalue weighted by Gasteiger charge is 2.31. The standard InChI is InChI=1S/C10H17NO3/c1-3-10(13)5-7-11(8-6-10)9(12)14-4-2/h3,13H,1,4-8H2,2H3. The number of aliphatic hydroxyl groups is 1. The Bertz CT molecular complexity index is 219. The number of hydrogen-bond acceptors (Lipinski definition) is 3. The highest BCUT2D eigenvalue weighted by atomic mass is 16.6. The molecule has 1 N–H and O–H groups in total. The minimum Gasteiger partial charge on any atom is -0.450 e. The van der Waals surface area contributed by atoms with E-state index in [1.54, 1.807) is 17.9 Å². The van der Waals surface area contributed by atoms with Gasteiger partial charge in [0, 0.05) is 13.1 Å². The fourth-order valence-corrected chi connectivity index (χ4v) is 1.50. The van der Waals surface area contributed by atoms with Crippen LogP contribution in [-0.4, -0.2) is 41.4 Å². The summed E-state index contributed by atoms with van der Waals surface area (Å²) in [6.45, 7) is 6.81. The van der Waals surface area contributed by atoms with Gasteiger partial charge in [0.25, 0.3) is 0 Å². The zero-order chi connectivity index (χ0) is 10.6. The van der Waals surface area contributed by atoms with Crippen LogP contribution in [0.4, 0.5) is 4.79 Å². The normalized spacial score (nSPS) is 20.3. The van der Waals surface area contributed by atoms with E-state index >= 15 is 0 Å². The van der Waals surface area contributed by atoms with Gasteiger partial charge in [-0.1, -0.05) is 6.08 Å². The average molecular weight is 199 g/mol. The first-order valence-electron chi connectivity index (χ1n) is 4.89. The Balaban J connectivity index is 2.42. The van der Waals surface area contributed by atoms with Crippen molar-refractivity contribution in [2.75, 3.05) is 19.7 Å². The summed E-state index contributed by atoms with van der Waals surface area (Å²) in [7, 11) is 0. The van der Waals surface area contributed by atoms with Gasteiger partial charge in [-0.15, -0.1) is 6.58 Å². The van der Waals surface area contributed by atoms with E-state index in [1.165, 1.54) is 0 Å². The van der Waals surface area contributed by atoms with Crippen LogP contribution in [0.25, 0.3) is 0 Å². The maximum Gasteiger partial charge on any atom is 0.409 e. The minimum atomic E-state index is -0.803. The van der Waals surface area contributed by atoms with Gasteiger partial charge in [0.2, 0.25) is 0 Å². The first-order chi connectivity index (χ1) is 6.61. The number of carbonyl (C=O) groups is 1. The lowest BCUT2D eigenvalue weighted by Crippen LogP contribution is -2.45. The van der Waals surface area contributed by atoms with Gasteiger partial charge in [0.1, 0.15) is 0 Å². The topological polar surface area (TPSA) is 49.8 Å². The first kappa shape index (κ1) is 11.0. The van der Waals surface area contributed by atoms with Crippen molar-refractivity contribution in [2.24, 2.45) is 0 Å². The monoisotopic (exact) mass is 199 g/mol. The van der Waals surface area contributed by atoms with Crippen LogP contribution in [0.15, 0.2) is 12.7 Å². The third-order valence-corrected chi connectivity index (χ3v) is 2.54. The number of piperidine rings is 1. The zero-order valence-electron chi connectivity index (χ0n) is 8.53. The maximum absolute atomic E-state index is 11.3. The summed E-state index contributed by atoms with van der Waals surface area (Å²) in [5.41, 5.74) is -0.803. The Morgan fingerprint density at radius 2 is 2.21 bits per heavy atom. The number of likely N-dealkylation sites (tertiary alicyclic amines) is 1. The molecule has 1 aliphatic heterocycles. The van der Waals surface area contributed by atoms with Crippen LogP contribution < -0.4 is 0 Å². The lowest BCUT2D eigenvalue weighted by Gasteiger charge is -2.35. The molecule has 0 atom stereocenters. The molecule has 0 spiro atoms. The molecular weight excluding hydrogens is 182 g/mol. The van der Waals surface area contributed by atoms with E-state index in [1.807, 2.05) is 0 Å². The van der Waals surface area contributed by atoms with Crippen LogP contribution in [0.2, 0.25) is 0 Å². The van der Waals surface area contributed by atoms with Gasteiger partial charge in [-0.3, -0.25) is 0 Å². The molecule has 1 heterocycles. The lowest BCUT2D eigenvalue weighted by atomic mass is 9.92. The Kier molecular flexibility index (Phi) is 3.52. The summed E-state index contributed by atoms with van der Waals surface area (Å²) in [5.74, 6) is 0. The number of carbonyl (C=O) groups excluding carboxylic acids is 1. The number of hydrogen-bond donors (Lipinski definition) is 1. The molecule has 1 saturated heterocycles. The largest absolute Gasteiger partial charge is 0.450 e. The molecule has 0 aliphatic carbocycles. The van der Waals surface area contributed by atoms with Crippen LogP contribution in [0.1, 0.15) is 19.8 Å². The molecule has 14 heavy (non-hydrogen) atoms.